The van der Waals surface area contributed by atoms with Crippen LogP contribution in [0, 0.1) is 13.8 Å². The molecule has 1 atom stereocenters. The highest BCUT2D eigenvalue weighted by atomic mass is 79.9. The molecule has 20 heavy (non-hydrogen) atoms. The van der Waals surface area contributed by atoms with Crippen LogP contribution in [0.25, 0.3) is 0 Å². The molecule has 3 rings (SSSR count). The summed E-state index contributed by atoms with van der Waals surface area (Å²) in [5.74, 6) is 0.720. The number of halogens is 1. The Bertz CT molecular complexity index is 639. The number of hydrogen-bond donors (Lipinski definition) is 0. The van der Waals surface area contributed by atoms with Crippen LogP contribution in [0.3, 0.4) is 0 Å². The minimum atomic E-state index is 0.218. The number of ether oxygens (including phenoxy) is 1. The van der Waals surface area contributed by atoms with Crippen molar-refractivity contribution in [3.05, 3.63) is 57.2 Å². The summed E-state index contributed by atoms with van der Waals surface area (Å²) in [6.45, 7) is 4.08. The van der Waals surface area contributed by atoms with Gasteiger partial charge in [-0.05, 0) is 65.4 Å². The third-order valence-electron chi connectivity index (χ3n) is 3.97. The summed E-state index contributed by atoms with van der Waals surface area (Å²) in [5.41, 5.74) is 5.07. The Labute approximate surface area is 128 Å². The topological polar surface area (TPSA) is 22.1 Å². The zero-order valence-electron chi connectivity index (χ0n) is 11.8. The molecule has 0 spiro atoms. The smallest absolute Gasteiger partial charge is 0.228 e. The standard InChI is InChI=1S/C17H18BrNO/c1-11-9-16(18)17(19-12(11)2)20-15-8-7-13-5-3-4-6-14(13)10-15/h3-6,9,15H,7-8,10H2,1-2H3. The Kier molecular flexibility index (Phi) is 3.79. The van der Waals surface area contributed by atoms with E-state index in [4.69, 9.17) is 4.74 Å². The molecule has 0 aliphatic heterocycles. The first-order chi connectivity index (χ1) is 9.63. The summed E-state index contributed by atoms with van der Waals surface area (Å²) >= 11 is 3.55. The van der Waals surface area contributed by atoms with Crippen LogP contribution in [0.15, 0.2) is 34.8 Å². The van der Waals surface area contributed by atoms with Crippen molar-refractivity contribution in [3.8, 4) is 5.88 Å². The van der Waals surface area contributed by atoms with Crippen molar-refractivity contribution in [1.29, 1.82) is 0 Å². The van der Waals surface area contributed by atoms with Crippen molar-refractivity contribution in [1.82, 2.24) is 4.98 Å². The third-order valence-corrected chi connectivity index (χ3v) is 4.54. The highest BCUT2D eigenvalue weighted by Crippen LogP contribution is 2.29. The van der Waals surface area contributed by atoms with Gasteiger partial charge in [-0.25, -0.2) is 4.98 Å². The monoisotopic (exact) mass is 331 g/mol. The maximum Gasteiger partial charge on any atom is 0.228 e. The zero-order valence-corrected chi connectivity index (χ0v) is 13.4. The van der Waals surface area contributed by atoms with E-state index in [1.54, 1.807) is 0 Å². The van der Waals surface area contributed by atoms with E-state index in [-0.39, 0.29) is 6.10 Å². The molecular weight excluding hydrogens is 314 g/mol. The summed E-state index contributed by atoms with van der Waals surface area (Å²) < 4.78 is 7.06. The Hall–Kier alpha value is -1.35. The molecule has 1 unspecified atom stereocenters. The number of rotatable bonds is 2. The lowest BCUT2D eigenvalue weighted by Gasteiger charge is -2.25. The second-order valence-corrected chi connectivity index (χ2v) is 6.28. The van der Waals surface area contributed by atoms with Gasteiger partial charge < -0.3 is 4.74 Å². The van der Waals surface area contributed by atoms with Gasteiger partial charge in [0.2, 0.25) is 5.88 Å². The maximum absolute atomic E-state index is 6.12. The van der Waals surface area contributed by atoms with E-state index in [0.29, 0.717) is 0 Å². The molecule has 0 bridgehead atoms. The van der Waals surface area contributed by atoms with Crippen LogP contribution in [0.5, 0.6) is 5.88 Å². The van der Waals surface area contributed by atoms with E-state index in [9.17, 15) is 0 Å². The van der Waals surface area contributed by atoms with E-state index < -0.39 is 0 Å². The van der Waals surface area contributed by atoms with Gasteiger partial charge in [0.05, 0.1) is 4.47 Å². The number of pyridine rings is 1. The van der Waals surface area contributed by atoms with Crippen LogP contribution >= 0.6 is 15.9 Å². The predicted molar refractivity (Wildman–Crippen MR) is 84.3 cm³/mol. The minimum absolute atomic E-state index is 0.218. The van der Waals surface area contributed by atoms with Gasteiger partial charge in [-0.2, -0.15) is 0 Å². The summed E-state index contributed by atoms with van der Waals surface area (Å²) in [6.07, 6.45) is 3.33. The van der Waals surface area contributed by atoms with Gasteiger partial charge in [0.25, 0.3) is 0 Å². The molecule has 0 saturated heterocycles. The average Bonchev–Trinajstić information content (AvgIpc) is 2.44. The molecule has 104 valence electrons. The van der Waals surface area contributed by atoms with Gasteiger partial charge in [-0.1, -0.05) is 24.3 Å². The van der Waals surface area contributed by atoms with Crippen molar-refractivity contribution in [2.24, 2.45) is 0 Å². The second-order valence-electron chi connectivity index (χ2n) is 5.43. The van der Waals surface area contributed by atoms with E-state index in [0.717, 1.165) is 35.3 Å². The first-order valence-corrected chi connectivity index (χ1v) is 7.80. The van der Waals surface area contributed by atoms with Crippen LogP contribution in [0.4, 0.5) is 0 Å². The van der Waals surface area contributed by atoms with E-state index in [2.05, 4.69) is 58.2 Å². The first-order valence-electron chi connectivity index (χ1n) is 7.00. The summed E-state index contributed by atoms with van der Waals surface area (Å²) in [6, 6.07) is 10.7. The quantitative estimate of drug-likeness (QED) is 0.813. The van der Waals surface area contributed by atoms with Gasteiger partial charge in [-0.15, -0.1) is 0 Å². The fourth-order valence-corrected chi connectivity index (χ4v) is 3.18. The Balaban J connectivity index is 1.78. The van der Waals surface area contributed by atoms with Crippen LogP contribution in [0.1, 0.15) is 28.8 Å². The lowest BCUT2D eigenvalue weighted by molar-refractivity contribution is 0.175. The molecule has 1 aliphatic carbocycles. The second kappa shape index (κ2) is 5.57. The fraction of sp³-hybridized carbons (Fsp3) is 0.353. The number of benzene rings is 1. The van der Waals surface area contributed by atoms with Crippen LogP contribution in [-0.2, 0) is 12.8 Å². The molecule has 0 amide bonds. The molecule has 1 aromatic heterocycles. The van der Waals surface area contributed by atoms with Crippen molar-refractivity contribution >= 4 is 15.9 Å². The van der Waals surface area contributed by atoms with Crippen molar-refractivity contribution in [2.75, 3.05) is 0 Å². The molecular formula is C17H18BrNO. The van der Waals surface area contributed by atoms with E-state index >= 15 is 0 Å². The fourth-order valence-electron chi connectivity index (χ4n) is 2.66. The van der Waals surface area contributed by atoms with Crippen molar-refractivity contribution in [3.63, 3.8) is 0 Å². The third kappa shape index (κ3) is 2.73. The number of hydrogen-bond acceptors (Lipinski definition) is 2. The lowest BCUT2D eigenvalue weighted by Crippen LogP contribution is -2.25. The highest BCUT2D eigenvalue weighted by Gasteiger charge is 2.21. The number of fused-ring (bicyclic) bond motifs is 1. The first kappa shape index (κ1) is 13.6. The van der Waals surface area contributed by atoms with E-state index in [1.807, 2.05) is 6.92 Å². The number of aromatic nitrogens is 1. The van der Waals surface area contributed by atoms with Gasteiger partial charge >= 0.3 is 0 Å². The van der Waals surface area contributed by atoms with Gasteiger partial charge in [-0.3, -0.25) is 0 Å². The molecule has 0 saturated carbocycles. The number of nitrogens with zero attached hydrogens (tertiary/aromatic N) is 1. The largest absolute Gasteiger partial charge is 0.473 e. The molecule has 0 fully saturated rings. The number of aryl methyl sites for hydroxylation is 3. The van der Waals surface area contributed by atoms with Gasteiger partial charge in [0.1, 0.15) is 6.10 Å². The van der Waals surface area contributed by atoms with Gasteiger partial charge in [0, 0.05) is 12.1 Å². The summed E-state index contributed by atoms with van der Waals surface area (Å²) in [7, 11) is 0. The molecule has 1 aliphatic rings. The Morgan fingerprint density at radius 2 is 1.95 bits per heavy atom. The lowest BCUT2D eigenvalue weighted by atomic mass is 9.90. The van der Waals surface area contributed by atoms with Crippen LogP contribution in [0.2, 0.25) is 0 Å². The molecule has 2 nitrogen and oxygen atoms in total. The molecule has 2 aromatic rings. The molecule has 0 radical (unpaired) electrons. The molecule has 0 N–H and O–H groups in total. The average molecular weight is 332 g/mol. The minimum Gasteiger partial charge on any atom is -0.473 e. The molecule has 1 aromatic carbocycles. The summed E-state index contributed by atoms with van der Waals surface area (Å²) in [4.78, 5) is 4.55. The highest BCUT2D eigenvalue weighted by molar-refractivity contribution is 9.10. The molecule has 1 heterocycles. The normalized spacial score (nSPS) is 17.6. The Morgan fingerprint density at radius 3 is 2.75 bits per heavy atom. The van der Waals surface area contributed by atoms with E-state index in [1.165, 1.54) is 16.7 Å². The predicted octanol–water partition coefficient (Wildman–Crippen LogP) is 4.40. The zero-order chi connectivity index (χ0) is 14.1. The van der Waals surface area contributed by atoms with Crippen molar-refractivity contribution < 1.29 is 4.74 Å². The van der Waals surface area contributed by atoms with Gasteiger partial charge in [0.15, 0.2) is 0 Å². The maximum atomic E-state index is 6.12. The SMILES string of the molecule is Cc1cc(Br)c(OC2CCc3ccccc3C2)nc1C. The van der Waals surface area contributed by atoms with Crippen LogP contribution < -0.4 is 4.74 Å². The van der Waals surface area contributed by atoms with Crippen molar-refractivity contribution in [2.45, 2.75) is 39.2 Å². The van der Waals surface area contributed by atoms with Crippen LogP contribution in [-0.4, -0.2) is 11.1 Å². The molecule has 3 heteroatoms. The Morgan fingerprint density at radius 1 is 1.20 bits per heavy atom. The summed E-state index contributed by atoms with van der Waals surface area (Å²) in [5, 5.41) is 0.